The van der Waals surface area contributed by atoms with Gasteiger partial charge in [-0.25, -0.2) is 4.79 Å². The summed E-state index contributed by atoms with van der Waals surface area (Å²) < 4.78 is 21.8. The fourth-order valence-electron chi connectivity index (χ4n) is 2.53. The van der Waals surface area contributed by atoms with Gasteiger partial charge in [0.2, 0.25) is 5.89 Å². The maximum atomic E-state index is 12.0. The third-order valence-corrected chi connectivity index (χ3v) is 3.80. The molecule has 0 atom stereocenters. The van der Waals surface area contributed by atoms with Crippen LogP contribution in [0.2, 0.25) is 0 Å². The van der Waals surface area contributed by atoms with Crippen LogP contribution in [0.25, 0.3) is 17.5 Å². The van der Waals surface area contributed by atoms with Crippen molar-refractivity contribution in [3.63, 3.8) is 0 Å². The Bertz CT molecular complexity index is 966. The highest BCUT2D eigenvalue weighted by atomic mass is 16.5. The van der Waals surface area contributed by atoms with E-state index in [0.717, 1.165) is 11.1 Å². The molecule has 0 N–H and O–H groups in total. The Morgan fingerprint density at radius 3 is 2.52 bits per heavy atom. The van der Waals surface area contributed by atoms with Crippen LogP contribution in [0.5, 0.6) is 11.5 Å². The van der Waals surface area contributed by atoms with E-state index in [4.69, 9.17) is 18.6 Å². The quantitative estimate of drug-likeness (QED) is 0.395. The molecule has 0 spiro atoms. The third-order valence-electron chi connectivity index (χ3n) is 3.80. The largest absolute Gasteiger partial charge is 0.490 e. The number of hydrogen-bond donors (Lipinski definition) is 0. The zero-order chi connectivity index (χ0) is 20.5. The zero-order valence-electron chi connectivity index (χ0n) is 16.3. The minimum absolute atomic E-state index is 0.101. The highest BCUT2D eigenvalue weighted by Crippen LogP contribution is 2.29. The molecule has 29 heavy (non-hydrogen) atoms. The predicted molar refractivity (Wildman–Crippen MR) is 107 cm³/mol. The van der Waals surface area contributed by atoms with Gasteiger partial charge in [-0.15, -0.1) is 10.2 Å². The molecule has 150 valence electrons. The van der Waals surface area contributed by atoms with Gasteiger partial charge in [0.15, 0.2) is 18.1 Å². The van der Waals surface area contributed by atoms with Gasteiger partial charge >= 0.3 is 5.97 Å². The average molecular weight is 394 g/mol. The minimum atomic E-state index is -0.517. The zero-order valence-corrected chi connectivity index (χ0v) is 16.3. The minimum Gasteiger partial charge on any atom is -0.490 e. The van der Waals surface area contributed by atoms with Gasteiger partial charge in [-0.2, -0.15) is 0 Å². The van der Waals surface area contributed by atoms with Gasteiger partial charge in [-0.05, 0) is 49.8 Å². The third kappa shape index (κ3) is 5.68. The number of ether oxygens (including phenoxy) is 3. The molecule has 0 unspecified atom stereocenters. The van der Waals surface area contributed by atoms with E-state index in [-0.39, 0.29) is 12.5 Å². The number of benzene rings is 2. The van der Waals surface area contributed by atoms with E-state index in [2.05, 4.69) is 10.2 Å². The van der Waals surface area contributed by atoms with Gasteiger partial charge in [-0.3, -0.25) is 0 Å². The topological polar surface area (TPSA) is 83.7 Å². The summed E-state index contributed by atoms with van der Waals surface area (Å²) >= 11 is 0. The Kier molecular flexibility index (Phi) is 7.00. The van der Waals surface area contributed by atoms with Crippen LogP contribution in [0, 0.1) is 0 Å². The molecule has 1 heterocycles. The van der Waals surface area contributed by atoms with Crippen molar-refractivity contribution in [2.75, 3.05) is 13.2 Å². The van der Waals surface area contributed by atoms with Gasteiger partial charge in [0, 0.05) is 11.6 Å². The van der Waals surface area contributed by atoms with Crippen molar-refractivity contribution in [3.8, 4) is 23.0 Å². The van der Waals surface area contributed by atoms with Gasteiger partial charge in [0.25, 0.3) is 5.89 Å². The van der Waals surface area contributed by atoms with E-state index < -0.39 is 5.97 Å². The fraction of sp³-hybridized carbons (Fsp3) is 0.227. The number of hydrogen-bond acceptors (Lipinski definition) is 7. The van der Waals surface area contributed by atoms with Gasteiger partial charge in [0.1, 0.15) is 0 Å². The number of nitrogens with zero attached hydrogens (tertiary/aromatic N) is 2. The second-order valence-corrected chi connectivity index (χ2v) is 5.88. The molecule has 0 fully saturated rings. The van der Waals surface area contributed by atoms with Crippen LogP contribution in [0.4, 0.5) is 0 Å². The molecular formula is C22H22N2O5. The van der Waals surface area contributed by atoms with E-state index in [0.29, 0.717) is 30.6 Å². The summed E-state index contributed by atoms with van der Waals surface area (Å²) in [6.45, 7) is 4.77. The van der Waals surface area contributed by atoms with Gasteiger partial charge in [-0.1, -0.05) is 24.3 Å². The average Bonchev–Trinajstić information content (AvgIpc) is 3.22. The van der Waals surface area contributed by atoms with E-state index in [1.807, 2.05) is 62.4 Å². The lowest BCUT2D eigenvalue weighted by molar-refractivity contribution is -0.139. The molecule has 2 aromatic carbocycles. The SMILES string of the molecule is CCOc1ccc(/C=C/C(=O)OCc2nnc(-c3ccccc3)o2)cc1OCC. The van der Waals surface area contributed by atoms with Crippen LogP contribution in [0.3, 0.4) is 0 Å². The van der Waals surface area contributed by atoms with Crippen LogP contribution < -0.4 is 9.47 Å². The summed E-state index contributed by atoms with van der Waals surface area (Å²) in [6.07, 6.45) is 2.98. The van der Waals surface area contributed by atoms with Crippen molar-refractivity contribution in [1.29, 1.82) is 0 Å². The van der Waals surface area contributed by atoms with Crippen LogP contribution in [-0.2, 0) is 16.1 Å². The Balaban J connectivity index is 1.57. The van der Waals surface area contributed by atoms with E-state index in [1.54, 1.807) is 6.08 Å². The number of aromatic nitrogens is 2. The standard InChI is InChI=1S/C22H22N2O5/c1-3-26-18-12-10-16(14-19(18)27-4-2)11-13-21(25)28-15-20-23-24-22(29-20)17-8-6-5-7-9-17/h5-14H,3-4,15H2,1-2H3/b13-11+. The molecule has 0 amide bonds. The molecule has 0 aliphatic carbocycles. The predicted octanol–water partition coefficient (Wildman–Crippen LogP) is 4.29. The van der Waals surface area contributed by atoms with Crippen molar-refractivity contribution in [2.24, 2.45) is 0 Å². The summed E-state index contributed by atoms with van der Waals surface area (Å²) in [5, 5.41) is 7.85. The normalized spacial score (nSPS) is 10.8. The summed E-state index contributed by atoms with van der Waals surface area (Å²) in [6, 6.07) is 14.8. The molecule has 0 radical (unpaired) electrons. The molecule has 0 bridgehead atoms. The summed E-state index contributed by atoms with van der Waals surface area (Å²) in [5.41, 5.74) is 1.59. The maximum Gasteiger partial charge on any atom is 0.331 e. The smallest absolute Gasteiger partial charge is 0.331 e. The van der Waals surface area contributed by atoms with Crippen LogP contribution in [-0.4, -0.2) is 29.4 Å². The molecule has 3 rings (SSSR count). The summed E-state index contributed by atoms with van der Waals surface area (Å²) in [7, 11) is 0. The molecule has 0 aliphatic heterocycles. The molecule has 1 aromatic heterocycles. The van der Waals surface area contributed by atoms with E-state index in [9.17, 15) is 4.79 Å². The Morgan fingerprint density at radius 1 is 1.00 bits per heavy atom. The Labute approximate surface area is 168 Å². The lowest BCUT2D eigenvalue weighted by Gasteiger charge is -2.11. The van der Waals surface area contributed by atoms with Crippen LogP contribution in [0.15, 0.2) is 59.0 Å². The van der Waals surface area contributed by atoms with Crippen LogP contribution in [0.1, 0.15) is 25.3 Å². The van der Waals surface area contributed by atoms with Gasteiger partial charge in [0.05, 0.1) is 13.2 Å². The van der Waals surface area contributed by atoms with Crippen molar-refractivity contribution >= 4 is 12.0 Å². The second kappa shape index (κ2) is 10.1. The van der Waals surface area contributed by atoms with Crippen molar-refractivity contribution < 1.29 is 23.4 Å². The number of carbonyl (C=O) groups is 1. The molecule has 0 saturated heterocycles. The molecular weight excluding hydrogens is 372 g/mol. The second-order valence-electron chi connectivity index (χ2n) is 5.88. The Morgan fingerprint density at radius 2 is 1.76 bits per heavy atom. The number of esters is 1. The molecule has 0 aliphatic rings. The first kappa shape index (κ1) is 20.1. The summed E-state index contributed by atoms with van der Waals surface area (Å²) in [5.74, 6) is 1.38. The van der Waals surface area contributed by atoms with E-state index in [1.165, 1.54) is 6.08 Å². The Hall–Kier alpha value is -3.61. The first-order chi connectivity index (χ1) is 14.2. The van der Waals surface area contributed by atoms with E-state index >= 15 is 0 Å². The molecule has 0 saturated carbocycles. The van der Waals surface area contributed by atoms with Crippen molar-refractivity contribution in [3.05, 3.63) is 66.1 Å². The summed E-state index contributed by atoms with van der Waals surface area (Å²) in [4.78, 5) is 12.0. The number of carbonyl (C=O) groups excluding carboxylic acids is 1. The lowest BCUT2D eigenvalue weighted by Crippen LogP contribution is -2.01. The lowest BCUT2D eigenvalue weighted by atomic mass is 10.2. The molecule has 7 nitrogen and oxygen atoms in total. The first-order valence-electron chi connectivity index (χ1n) is 9.32. The molecule has 7 heteroatoms. The first-order valence-corrected chi connectivity index (χ1v) is 9.32. The monoisotopic (exact) mass is 394 g/mol. The number of rotatable bonds is 9. The molecule has 3 aromatic rings. The van der Waals surface area contributed by atoms with Crippen molar-refractivity contribution in [1.82, 2.24) is 10.2 Å². The fourth-order valence-corrected chi connectivity index (χ4v) is 2.53. The maximum absolute atomic E-state index is 12.0. The van der Waals surface area contributed by atoms with Crippen LogP contribution >= 0.6 is 0 Å². The van der Waals surface area contributed by atoms with Crippen molar-refractivity contribution in [2.45, 2.75) is 20.5 Å². The highest BCUT2D eigenvalue weighted by Gasteiger charge is 2.10. The highest BCUT2D eigenvalue weighted by molar-refractivity contribution is 5.87. The van der Waals surface area contributed by atoms with Gasteiger partial charge < -0.3 is 18.6 Å².